The highest BCUT2D eigenvalue weighted by atomic mass is 31.2. The molecular weight excluding hydrogens is 834 g/mol. The average Bonchev–Trinajstić information content (AvgIpc) is 3.30. The lowest BCUT2D eigenvalue weighted by molar-refractivity contribution is -0.161. The minimum atomic E-state index is -4.41. The lowest BCUT2D eigenvalue weighted by atomic mass is 10.0. The third kappa shape index (κ3) is 51.0. The van der Waals surface area contributed by atoms with Crippen LogP contribution in [0.15, 0.2) is 60.8 Å². The number of carbonyl (C=O) groups excluding carboxylic acids is 2. The van der Waals surface area contributed by atoms with E-state index in [0.29, 0.717) is 19.3 Å². The summed E-state index contributed by atoms with van der Waals surface area (Å²) in [4.78, 5) is 35.0. The first-order valence-corrected chi connectivity index (χ1v) is 28.3. The SMILES string of the molecule is CCCCCCCCC/C=C/C/C=C/C/C=C/C/C=C/CCCC(=O)O[C@H](COC(=O)CCC/C=C/CCCCCCCCCCCCCCCCCCCC)COP(=O)(O)OCCN. The van der Waals surface area contributed by atoms with Crippen molar-refractivity contribution in [3.63, 3.8) is 0 Å². The van der Waals surface area contributed by atoms with Crippen molar-refractivity contribution in [1.82, 2.24) is 0 Å². The van der Waals surface area contributed by atoms with Crippen LogP contribution in [-0.4, -0.2) is 49.3 Å². The van der Waals surface area contributed by atoms with Gasteiger partial charge in [-0.25, -0.2) is 4.57 Å². The molecule has 0 fully saturated rings. The van der Waals surface area contributed by atoms with Gasteiger partial charge in [0.2, 0.25) is 0 Å². The zero-order valence-corrected chi connectivity index (χ0v) is 42.9. The number of allylic oxidation sites excluding steroid dienone is 10. The molecule has 0 bridgehead atoms. The van der Waals surface area contributed by atoms with Gasteiger partial charge in [0.05, 0.1) is 13.2 Å². The van der Waals surface area contributed by atoms with Crippen LogP contribution in [0.2, 0.25) is 0 Å². The van der Waals surface area contributed by atoms with Crippen molar-refractivity contribution in [3.05, 3.63) is 60.8 Å². The Balaban J connectivity index is 4.13. The van der Waals surface area contributed by atoms with Gasteiger partial charge in [0.25, 0.3) is 0 Å². The summed E-state index contributed by atoms with van der Waals surface area (Å²) in [6.45, 7) is 3.67. The predicted molar refractivity (Wildman–Crippen MR) is 275 cm³/mol. The summed E-state index contributed by atoms with van der Waals surface area (Å²) in [5.41, 5.74) is 5.36. The molecule has 3 N–H and O–H groups in total. The molecule has 0 amide bonds. The molecule has 0 aliphatic rings. The first kappa shape index (κ1) is 62.7. The zero-order chi connectivity index (χ0) is 47.4. The monoisotopic (exact) mass is 934 g/mol. The van der Waals surface area contributed by atoms with Gasteiger partial charge in [-0.1, -0.05) is 222 Å². The third-order valence-corrected chi connectivity index (χ3v) is 12.4. The topological polar surface area (TPSA) is 134 Å². The number of nitrogens with two attached hydrogens (primary N) is 1. The maximum atomic E-state index is 12.6. The van der Waals surface area contributed by atoms with E-state index in [2.05, 4.69) is 68.5 Å². The fourth-order valence-corrected chi connectivity index (χ4v) is 8.16. The molecule has 65 heavy (non-hydrogen) atoms. The third-order valence-electron chi connectivity index (χ3n) is 11.4. The molecule has 0 saturated carbocycles. The summed E-state index contributed by atoms with van der Waals surface area (Å²) in [5, 5.41) is 0. The summed E-state index contributed by atoms with van der Waals surface area (Å²) < 4.78 is 32.8. The maximum absolute atomic E-state index is 12.6. The van der Waals surface area contributed by atoms with Crippen LogP contribution < -0.4 is 5.73 Å². The van der Waals surface area contributed by atoms with Crippen LogP contribution in [0.4, 0.5) is 0 Å². The van der Waals surface area contributed by atoms with Crippen LogP contribution in [0.3, 0.4) is 0 Å². The number of esters is 2. The van der Waals surface area contributed by atoms with Crippen LogP contribution in [0.25, 0.3) is 0 Å². The van der Waals surface area contributed by atoms with Crippen molar-refractivity contribution in [2.75, 3.05) is 26.4 Å². The lowest BCUT2D eigenvalue weighted by Gasteiger charge is -2.19. The predicted octanol–water partition coefficient (Wildman–Crippen LogP) is 16.4. The van der Waals surface area contributed by atoms with Crippen molar-refractivity contribution in [2.24, 2.45) is 5.73 Å². The van der Waals surface area contributed by atoms with Gasteiger partial charge in [0.1, 0.15) is 6.61 Å². The molecule has 0 aromatic carbocycles. The molecule has 10 heteroatoms. The van der Waals surface area contributed by atoms with E-state index in [1.165, 1.54) is 167 Å². The number of carbonyl (C=O) groups is 2. The molecule has 0 aromatic heterocycles. The Kier molecular flexibility index (Phi) is 49.3. The van der Waals surface area contributed by atoms with Gasteiger partial charge >= 0.3 is 19.8 Å². The molecule has 1 unspecified atom stereocenters. The highest BCUT2D eigenvalue weighted by Gasteiger charge is 2.26. The molecule has 0 aromatic rings. The standard InChI is InChI=1S/C55H100NO8P/c1-3-5-7-9-11-13-15-17-19-21-23-25-26-28-29-31-33-35-37-39-41-43-45-47-54(57)61-51-53(52-63-65(59,60)62-50-49-56)64-55(58)48-46-44-42-40-38-36-34-32-30-27-24-22-20-18-16-14-12-10-8-6-4-2/h20,22,27,30,34,36,39-42,53H,3-19,21,23-26,28-29,31-33,35,37-38,43-52,56H2,1-2H3,(H,59,60)/b22-20+,30-27+,36-34+,41-39+,42-40+/t53-/m1/s1. The largest absolute Gasteiger partial charge is 0.472 e. The number of phosphoric ester groups is 1. The van der Waals surface area contributed by atoms with Crippen molar-refractivity contribution < 1.29 is 37.6 Å². The normalized spacial score (nSPS) is 13.6. The molecule has 378 valence electrons. The molecule has 0 spiro atoms. The zero-order valence-electron chi connectivity index (χ0n) is 42.0. The minimum Gasteiger partial charge on any atom is -0.462 e. The van der Waals surface area contributed by atoms with Crippen LogP contribution >= 0.6 is 7.82 Å². The maximum Gasteiger partial charge on any atom is 0.472 e. The van der Waals surface area contributed by atoms with Gasteiger partial charge in [0, 0.05) is 19.4 Å². The van der Waals surface area contributed by atoms with Crippen LogP contribution in [0.5, 0.6) is 0 Å². The quantitative estimate of drug-likeness (QED) is 0.0265. The second kappa shape index (κ2) is 51.1. The molecule has 0 aliphatic heterocycles. The fourth-order valence-electron chi connectivity index (χ4n) is 7.40. The molecular formula is C55H100NO8P. The number of rotatable bonds is 50. The van der Waals surface area contributed by atoms with Gasteiger partial charge in [-0.2, -0.15) is 0 Å². The number of hydrogen-bond donors (Lipinski definition) is 2. The van der Waals surface area contributed by atoms with E-state index in [1.807, 2.05) is 6.08 Å². The molecule has 0 rings (SSSR count). The Hall–Kier alpha value is -2.29. The van der Waals surface area contributed by atoms with Crippen molar-refractivity contribution in [1.29, 1.82) is 0 Å². The number of phosphoric acid groups is 1. The molecule has 0 radical (unpaired) electrons. The van der Waals surface area contributed by atoms with Gasteiger partial charge < -0.3 is 20.1 Å². The Labute approximate surface area is 399 Å². The van der Waals surface area contributed by atoms with Gasteiger partial charge in [-0.05, 0) is 70.6 Å². The Morgan fingerprint density at radius 2 is 0.800 bits per heavy atom. The Bertz CT molecular complexity index is 1250. The molecule has 0 aliphatic carbocycles. The summed E-state index contributed by atoms with van der Waals surface area (Å²) >= 11 is 0. The van der Waals surface area contributed by atoms with E-state index < -0.39 is 32.5 Å². The van der Waals surface area contributed by atoms with Crippen molar-refractivity contribution >= 4 is 19.8 Å². The second-order valence-electron chi connectivity index (χ2n) is 17.7. The van der Waals surface area contributed by atoms with Crippen molar-refractivity contribution in [3.8, 4) is 0 Å². The first-order valence-electron chi connectivity index (χ1n) is 26.8. The summed E-state index contributed by atoms with van der Waals surface area (Å²) in [5.74, 6) is -0.927. The van der Waals surface area contributed by atoms with Gasteiger partial charge in [-0.3, -0.25) is 18.6 Å². The van der Waals surface area contributed by atoms with E-state index in [-0.39, 0.29) is 32.6 Å². The highest BCUT2D eigenvalue weighted by molar-refractivity contribution is 7.47. The summed E-state index contributed by atoms with van der Waals surface area (Å²) in [6.07, 6.45) is 62.9. The smallest absolute Gasteiger partial charge is 0.462 e. The molecule has 0 heterocycles. The van der Waals surface area contributed by atoms with Crippen LogP contribution in [-0.2, 0) is 32.7 Å². The Morgan fingerprint density at radius 3 is 1.20 bits per heavy atom. The van der Waals surface area contributed by atoms with E-state index >= 15 is 0 Å². The molecule has 2 atom stereocenters. The highest BCUT2D eigenvalue weighted by Crippen LogP contribution is 2.43. The van der Waals surface area contributed by atoms with Crippen molar-refractivity contribution in [2.45, 2.75) is 251 Å². The second-order valence-corrected chi connectivity index (χ2v) is 19.2. The molecule has 0 saturated heterocycles. The minimum absolute atomic E-state index is 0.0400. The first-order chi connectivity index (χ1) is 31.8. The van der Waals surface area contributed by atoms with E-state index in [4.69, 9.17) is 24.3 Å². The lowest BCUT2D eigenvalue weighted by Crippen LogP contribution is -2.29. The van der Waals surface area contributed by atoms with E-state index in [9.17, 15) is 19.0 Å². The van der Waals surface area contributed by atoms with Crippen LogP contribution in [0, 0.1) is 0 Å². The summed E-state index contributed by atoms with van der Waals surface area (Å²) in [7, 11) is -4.41. The van der Waals surface area contributed by atoms with E-state index in [0.717, 1.165) is 32.1 Å². The Morgan fingerprint density at radius 1 is 0.462 bits per heavy atom. The number of unbranched alkanes of at least 4 members (excludes halogenated alkanes) is 27. The summed E-state index contributed by atoms with van der Waals surface area (Å²) in [6, 6.07) is 0. The van der Waals surface area contributed by atoms with Gasteiger partial charge in [0.15, 0.2) is 6.10 Å². The van der Waals surface area contributed by atoms with E-state index in [1.54, 1.807) is 0 Å². The number of ether oxygens (including phenoxy) is 2. The molecule has 9 nitrogen and oxygen atoms in total. The van der Waals surface area contributed by atoms with Crippen LogP contribution in [0.1, 0.15) is 245 Å². The number of hydrogen-bond acceptors (Lipinski definition) is 8. The average molecular weight is 934 g/mol. The van der Waals surface area contributed by atoms with Gasteiger partial charge in [-0.15, -0.1) is 0 Å². The fraction of sp³-hybridized carbons (Fsp3) is 0.782.